The van der Waals surface area contributed by atoms with Gasteiger partial charge in [-0.05, 0) is 36.8 Å². The molecule has 2 aromatic rings. The highest BCUT2D eigenvalue weighted by Crippen LogP contribution is 2.27. The molecule has 0 aliphatic rings. The molecule has 0 amide bonds. The van der Waals surface area contributed by atoms with Gasteiger partial charge in [0, 0.05) is 6.42 Å². The molecule has 1 unspecified atom stereocenters. The SMILES string of the molecule is CC(O)c1ccc(OCCCOc2ccccc2)c(Cl)c1. The third kappa shape index (κ3) is 4.96. The average Bonchev–Trinajstić information content (AvgIpc) is 2.49. The highest BCUT2D eigenvalue weighted by Gasteiger charge is 2.06. The predicted molar refractivity (Wildman–Crippen MR) is 84.1 cm³/mol. The summed E-state index contributed by atoms with van der Waals surface area (Å²) in [4.78, 5) is 0. The zero-order valence-electron chi connectivity index (χ0n) is 12.0. The molecule has 112 valence electrons. The van der Waals surface area contributed by atoms with E-state index in [0.717, 1.165) is 17.7 Å². The molecule has 0 fully saturated rings. The molecule has 0 heterocycles. The number of hydrogen-bond donors (Lipinski definition) is 1. The summed E-state index contributed by atoms with van der Waals surface area (Å²) in [7, 11) is 0. The van der Waals surface area contributed by atoms with Gasteiger partial charge in [-0.1, -0.05) is 35.9 Å². The smallest absolute Gasteiger partial charge is 0.137 e. The molecule has 0 bridgehead atoms. The minimum atomic E-state index is -0.532. The third-order valence-electron chi connectivity index (χ3n) is 3.00. The second-order valence-corrected chi connectivity index (χ2v) is 5.14. The molecule has 0 aromatic heterocycles. The fraction of sp³-hybridized carbons (Fsp3) is 0.294. The Bertz CT molecular complexity index is 555. The lowest BCUT2D eigenvalue weighted by molar-refractivity contribution is 0.199. The van der Waals surface area contributed by atoms with Crippen LogP contribution < -0.4 is 9.47 Å². The van der Waals surface area contributed by atoms with Gasteiger partial charge < -0.3 is 14.6 Å². The van der Waals surface area contributed by atoms with Gasteiger partial charge in [-0.15, -0.1) is 0 Å². The summed E-state index contributed by atoms with van der Waals surface area (Å²) in [6.07, 6.45) is 0.236. The molecule has 3 nitrogen and oxygen atoms in total. The van der Waals surface area contributed by atoms with Crippen LogP contribution in [0.1, 0.15) is 25.0 Å². The van der Waals surface area contributed by atoms with Crippen molar-refractivity contribution in [3.63, 3.8) is 0 Å². The van der Waals surface area contributed by atoms with Crippen molar-refractivity contribution >= 4 is 11.6 Å². The van der Waals surface area contributed by atoms with Crippen LogP contribution in [-0.2, 0) is 0 Å². The Morgan fingerprint density at radius 3 is 2.43 bits per heavy atom. The first kappa shape index (κ1) is 15.7. The van der Waals surface area contributed by atoms with Crippen molar-refractivity contribution in [3.05, 3.63) is 59.1 Å². The number of para-hydroxylation sites is 1. The molecular weight excluding hydrogens is 288 g/mol. The van der Waals surface area contributed by atoms with E-state index in [9.17, 15) is 5.11 Å². The lowest BCUT2D eigenvalue weighted by atomic mass is 10.1. The Balaban J connectivity index is 1.74. The van der Waals surface area contributed by atoms with Gasteiger partial charge in [0.15, 0.2) is 0 Å². The average molecular weight is 307 g/mol. The van der Waals surface area contributed by atoms with Gasteiger partial charge in [-0.25, -0.2) is 0 Å². The first-order chi connectivity index (χ1) is 10.2. The Kier molecular flexibility index (Phi) is 5.90. The van der Waals surface area contributed by atoms with Crippen LogP contribution in [0.15, 0.2) is 48.5 Å². The van der Waals surface area contributed by atoms with E-state index in [2.05, 4.69) is 0 Å². The van der Waals surface area contributed by atoms with Crippen molar-refractivity contribution in [3.8, 4) is 11.5 Å². The zero-order valence-corrected chi connectivity index (χ0v) is 12.7. The topological polar surface area (TPSA) is 38.7 Å². The molecule has 0 saturated carbocycles. The van der Waals surface area contributed by atoms with E-state index < -0.39 is 6.10 Å². The van der Waals surface area contributed by atoms with Crippen LogP contribution in [-0.4, -0.2) is 18.3 Å². The van der Waals surface area contributed by atoms with Crippen LogP contribution in [0, 0.1) is 0 Å². The van der Waals surface area contributed by atoms with Gasteiger partial charge in [-0.2, -0.15) is 0 Å². The Morgan fingerprint density at radius 2 is 1.76 bits per heavy atom. The lowest BCUT2D eigenvalue weighted by Gasteiger charge is -2.11. The van der Waals surface area contributed by atoms with Gasteiger partial charge in [0.2, 0.25) is 0 Å². The van der Waals surface area contributed by atoms with Gasteiger partial charge >= 0.3 is 0 Å². The number of aliphatic hydroxyl groups is 1. The van der Waals surface area contributed by atoms with E-state index in [1.807, 2.05) is 36.4 Å². The molecule has 21 heavy (non-hydrogen) atoms. The summed E-state index contributed by atoms with van der Waals surface area (Å²) in [5, 5.41) is 9.99. The number of rotatable bonds is 7. The zero-order chi connectivity index (χ0) is 15.1. The lowest BCUT2D eigenvalue weighted by Crippen LogP contribution is -2.05. The molecule has 0 aliphatic carbocycles. The molecule has 0 radical (unpaired) electrons. The third-order valence-corrected chi connectivity index (χ3v) is 3.29. The Labute approximate surface area is 130 Å². The minimum absolute atomic E-state index is 0.511. The summed E-state index contributed by atoms with van der Waals surface area (Å²) in [6.45, 7) is 2.82. The second-order valence-electron chi connectivity index (χ2n) is 4.73. The van der Waals surface area contributed by atoms with E-state index in [1.54, 1.807) is 19.1 Å². The van der Waals surface area contributed by atoms with Crippen LogP contribution in [0.3, 0.4) is 0 Å². The minimum Gasteiger partial charge on any atom is -0.493 e. The van der Waals surface area contributed by atoms with E-state index >= 15 is 0 Å². The summed E-state index contributed by atoms with van der Waals surface area (Å²) in [6, 6.07) is 15.0. The standard InChI is InChI=1S/C17H19ClO3/c1-13(19)14-8-9-17(16(18)12-14)21-11-5-10-20-15-6-3-2-4-7-15/h2-4,6-9,12-13,19H,5,10-11H2,1H3. The maximum atomic E-state index is 9.48. The van der Waals surface area contributed by atoms with Crippen molar-refractivity contribution in [1.29, 1.82) is 0 Å². The van der Waals surface area contributed by atoms with Crippen LogP contribution in [0.25, 0.3) is 0 Å². The van der Waals surface area contributed by atoms with E-state index in [0.29, 0.717) is 24.0 Å². The highest BCUT2D eigenvalue weighted by molar-refractivity contribution is 6.32. The molecule has 2 rings (SSSR count). The molecule has 0 aliphatic heterocycles. The van der Waals surface area contributed by atoms with E-state index in [-0.39, 0.29) is 0 Å². The van der Waals surface area contributed by atoms with Crippen LogP contribution in [0.4, 0.5) is 0 Å². The number of halogens is 1. The van der Waals surface area contributed by atoms with E-state index in [1.165, 1.54) is 0 Å². The number of hydrogen-bond acceptors (Lipinski definition) is 3. The molecule has 0 spiro atoms. The summed E-state index contributed by atoms with van der Waals surface area (Å²) in [5.41, 5.74) is 0.778. The maximum absolute atomic E-state index is 9.48. The van der Waals surface area contributed by atoms with Crippen molar-refractivity contribution in [1.82, 2.24) is 0 Å². The van der Waals surface area contributed by atoms with Crippen LogP contribution in [0.5, 0.6) is 11.5 Å². The monoisotopic (exact) mass is 306 g/mol. The van der Waals surface area contributed by atoms with Gasteiger partial charge in [0.25, 0.3) is 0 Å². The second kappa shape index (κ2) is 7.91. The first-order valence-electron chi connectivity index (χ1n) is 6.95. The molecule has 1 atom stereocenters. The Hall–Kier alpha value is -1.71. The number of ether oxygens (including phenoxy) is 2. The molecular formula is C17H19ClO3. The first-order valence-corrected chi connectivity index (χ1v) is 7.33. The molecule has 2 aromatic carbocycles. The number of aliphatic hydroxyl groups excluding tert-OH is 1. The predicted octanol–water partition coefficient (Wildman–Crippen LogP) is 4.24. The van der Waals surface area contributed by atoms with Crippen molar-refractivity contribution in [2.45, 2.75) is 19.4 Å². The fourth-order valence-corrected chi connectivity index (χ4v) is 2.09. The van der Waals surface area contributed by atoms with E-state index in [4.69, 9.17) is 21.1 Å². The largest absolute Gasteiger partial charge is 0.493 e. The quantitative estimate of drug-likeness (QED) is 0.778. The Morgan fingerprint density at radius 1 is 1.05 bits per heavy atom. The normalized spacial score (nSPS) is 12.0. The molecule has 4 heteroatoms. The van der Waals surface area contributed by atoms with Gasteiger partial charge in [0.05, 0.1) is 24.3 Å². The van der Waals surface area contributed by atoms with Gasteiger partial charge in [-0.3, -0.25) is 0 Å². The van der Waals surface area contributed by atoms with Crippen molar-refractivity contribution < 1.29 is 14.6 Å². The van der Waals surface area contributed by atoms with Crippen molar-refractivity contribution in [2.24, 2.45) is 0 Å². The van der Waals surface area contributed by atoms with Crippen molar-refractivity contribution in [2.75, 3.05) is 13.2 Å². The summed E-state index contributed by atoms with van der Waals surface area (Å²) in [5.74, 6) is 1.48. The number of benzene rings is 2. The summed E-state index contributed by atoms with van der Waals surface area (Å²) < 4.78 is 11.2. The van der Waals surface area contributed by atoms with Crippen LogP contribution >= 0.6 is 11.6 Å². The molecule has 1 N–H and O–H groups in total. The van der Waals surface area contributed by atoms with Crippen LogP contribution in [0.2, 0.25) is 5.02 Å². The molecule has 0 saturated heterocycles. The maximum Gasteiger partial charge on any atom is 0.137 e. The highest BCUT2D eigenvalue weighted by atomic mass is 35.5. The van der Waals surface area contributed by atoms with Gasteiger partial charge in [0.1, 0.15) is 11.5 Å². The summed E-state index contributed by atoms with van der Waals surface area (Å²) >= 11 is 6.11. The fourth-order valence-electron chi connectivity index (χ4n) is 1.84.